The predicted octanol–water partition coefficient (Wildman–Crippen LogP) is 3.77. The van der Waals surface area contributed by atoms with Crippen LogP contribution in [-0.2, 0) is 0 Å². The molecule has 2 aromatic carbocycles. The van der Waals surface area contributed by atoms with E-state index in [9.17, 15) is 4.79 Å². The quantitative estimate of drug-likeness (QED) is 0.657. The lowest BCUT2D eigenvalue weighted by Crippen LogP contribution is -2.49. The Morgan fingerprint density at radius 1 is 0.931 bits per heavy atom. The number of carbonyl (C=O) groups excluding carboxylic acids is 1. The summed E-state index contributed by atoms with van der Waals surface area (Å²) in [5, 5.41) is 9.36. The first kappa shape index (κ1) is 19.2. The van der Waals surface area contributed by atoms with Crippen LogP contribution in [-0.4, -0.2) is 54.3 Å². The number of anilines is 1. The first-order valence-electron chi connectivity index (χ1n) is 9.43. The number of amides is 1. The second-order valence-corrected chi connectivity index (χ2v) is 7.14. The molecule has 1 fully saturated rings. The van der Waals surface area contributed by atoms with E-state index >= 15 is 0 Å². The first-order valence-corrected chi connectivity index (χ1v) is 9.81. The molecule has 0 atom stereocenters. The molecular weight excluding hydrogens is 388 g/mol. The minimum absolute atomic E-state index is 0.0118. The summed E-state index contributed by atoms with van der Waals surface area (Å²) in [6, 6.07) is 18.8. The molecule has 0 radical (unpaired) electrons. The van der Waals surface area contributed by atoms with Crippen LogP contribution in [0.2, 0.25) is 5.02 Å². The maximum Gasteiger partial charge on any atom is 0.257 e. The van der Waals surface area contributed by atoms with Gasteiger partial charge in [0.05, 0.1) is 23.4 Å². The standard InChI is InChI=1S/C22H21ClN4O2/c1-29-20-9-5-3-7-17(20)22(28)27-14-12-26(13-15-27)21-11-10-19(24-25-21)16-6-2-4-8-18(16)23/h2-11H,12-15H2,1H3. The van der Waals surface area contributed by atoms with Gasteiger partial charge in [-0.2, -0.15) is 0 Å². The fourth-order valence-electron chi connectivity index (χ4n) is 3.44. The number of nitrogens with zero attached hydrogens (tertiary/aromatic N) is 4. The van der Waals surface area contributed by atoms with Gasteiger partial charge in [-0.15, -0.1) is 10.2 Å². The molecule has 0 saturated carbocycles. The Bertz CT molecular complexity index is 1000. The highest BCUT2D eigenvalue weighted by atomic mass is 35.5. The highest BCUT2D eigenvalue weighted by Crippen LogP contribution is 2.26. The van der Waals surface area contributed by atoms with Gasteiger partial charge in [0.2, 0.25) is 0 Å². The Morgan fingerprint density at radius 3 is 2.34 bits per heavy atom. The fraction of sp³-hybridized carbons (Fsp3) is 0.227. The van der Waals surface area contributed by atoms with Crippen LogP contribution in [0.5, 0.6) is 5.75 Å². The minimum atomic E-state index is -0.0118. The number of carbonyl (C=O) groups is 1. The fourth-order valence-corrected chi connectivity index (χ4v) is 3.67. The summed E-state index contributed by atoms with van der Waals surface area (Å²) in [4.78, 5) is 16.8. The van der Waals surface area contributed by atoms with Crippen LogP contribution >= 0.6 is 11.6 Å². The van der Waals surface area contributed by atoms with Crippen molar-refractivity contribution in [3.8, 4) is 17.0 Å². The Hall–Kier alpha value is -3.12. The van der Waals surface area contributed by atoms with E-state index in [-0.39, 0.29) is 5.91 Å². The molecule has 0 spiro atoms. The predicted molar refractivity (Wildman–Crippen MR) is 114 cm³/mol. The summed E-state index contributed by atoms with van der Waals surface area (Å²) in [6.07, 6.45) is 0. The van der Waals surface area contributed by atoms with E-state index in [0.717, 1.165) is 17.1 Å². The summed E-state index contributed by atoms with van der Waals surface area (Å²) < 4.78 is 5.32. The van der Waals surface area contributed by atoms with Crippen LogP contribution in [0.3, 0.4) is 0 Å². The van der Waals surface area contributed by atoms with E-state index in [2.05, 4.69) is 15.1 Å². The van der Waals surface area contributed by atoms with Crippen molar-refractivity contribution in [1.29, 1.82) is 0 Å². The molecule has 6 nitrogen and oxygen atoms in total. The molecule has 2 heterocycles. The molecule has 148 valence electrons. The van der Waals surface area contributed by atoms with Crippen molar-refractivity contribution in [3.63, 3.8) is 0 Å². The third kappa shape index (κ3) is 4.03. The van der Waals surface area contributed by atoms with Crippen molar-refractivity contribution in [2.24, 2.45) is 0 Å². The Kier molecular flexibility index (Phi) is 5.62. The topological polar surface area (TPSA) is 58.6 Å². The number of halogens is 1. The third-order valence-electron chi connectivity index (χ3n) is 5.03. The zero-order valence-electron chi connectivity index (χ0n) is 16.1. The average molecular weight is 409 g/mol. The summed E-state index contributed by atoms with van der Waals surface area (Å²) in [5.41, 5.74) is 2.19. The minimum Gasteiger partial charge on any atom is -0.496 e. The number of ether oxygens (including phenoxy) is 1. The Balaban J connectivity index is 1.42. The van der Waals surface area contributed by atoms with Crippen LogP contribution in [0.1, 0.15) is 10.4 Å². The molecule has 1 aromatic heterocycles. The van der Waals surface area contributed by atoms with Gasteiger partial charge in [0.15, 0.2) is 5.82 Å². The second kappa shape index (κ2) is 8.49. The van der Waals surface area contributed by atoms with Crippen LogP contribution in [0.4, 0.5) is 5.82 Å². The van der Waals surface area contributed by atoms with Crippen molar-refractivity contribution in [2.75, 3.05) is 38.2 Å². The van der Waals surface area contributed by atoms with E-state index in [1.54, 1.807) is 19.2 Å². The SMILES string of the molecule is COc1ccccc1C(=O)N1CCN(c2ccc(-c3ccccc3Cl)nn2)CC1. The molecular formula is C22H21ClN4O2. The van der Waals surface area contributed by atoms with Gasteiger partial charge in [0.1, 0.15) is 5.75 Å². The normalized spacial score (nSPS) is 14.0. The Labute approximate surface area is 174 Å². The smallest absolute Gasteiger partial charge is 0.257 e. The van der Waals surface area contributed by atoms with Gasteiger partial charge in [-0.25, -0.2) is 0 Å². The number of hydrogen-bond acceptors (Lipinski definition) is 5. The highest BCUT2D eigenvalue weighted by Gasteiger charge is 2.24. The molecule has 0 unspecified atom stereocenters. The highest BCUT2D eigenvalue weighted by molar-refractivity contribution is 6.33. The lowest BCUT2D eigenvalue weighted by Gasteiger charge is -2.35. The van der Waals surface area contributed by atoms with Gasteiger partial charge in [0, 0.05) is 31.7 Å². The molecule has 1 amide bonds. The molecule has 7 heteroatoms. The molecule has 0 N–H and O–H groups in total. The van der Waals surface area contributed by atoms with Gasteiger partial charge in [0.25, 0.3) is 5.91 Å². The van der Waals surface area contributed by atoms with Gasteiger partial charge < -0.3 is 14.5 Å². The maximum absolute atomic E-state index is 12.8. The average Bonchev–Trinajstić information content (AvgIpc) is 2.79. The second-order valence-electron chi connectivity index (χ2n) is 6.74. The lowest BCUT2D eigenvalue weighted by atomic mass is 10.1. The summed E-state index contributed by atoms with van der Waals surface area (Å²) in [7, 11) is 1.58. The lowest BCUT2D eigenvalue weighted by molar-refractivity contribution is 0.0743. The third-order valence-corrected chi connectivity index (χ3v) is 5.36. The number of rotatable bonds is 4. The van der Waals surface area contributed by atoms with Crippen molar-refractivity contribution >= 4 is 23.3 Å². The summed E-state index contributed by atoms with van der Waals surface area (Å²) in [5.74, 6) is 1.38. The van der Waals surface area contributed by atoms with Crippen molar-refractivity contribution in [1.82, 2.24) is 15.1 Å². The number of benzene rings is 2. The zero-order valence-corrected chi connectivity index (χ0v) is 16.8. The van der Waals surface area contributed by atoms with E-state index in [0.29, 0.717) is 42.5 Å². The Morgan fingerprint density at radius 2 is 1.66 bits per heavy atom. The van der Waals surface area contributed by atoms with E-state index in [4.69, 9.17) is 16.3 Å². The first-order chi connectivity index (χ1) is 14.2. The van der Waals surface area contributed by atoms with Gasteiger partial charge in [-0.05, 0) is 30.3 Å². The van der Waals surface area contributed by atoms with Gasteiger partial charge >= 0.3 is 0 Å². The van der Waals surface area contributed by atoms with E-state index in [1.165, 1.54) is 0 Å². The van der Waals surface area contributed by atoms with Crippen molar-refractivity contribution < 1.29 is 9.53 Å². The van der Waals surface area contributed by atoms with Gasteiger partial charge in [-0.1, -0.05) is 41.9 Å². The largest absolute Gasteiger partial charge is 0.496 e. The van der Waals surface area contributed by atoms with Crippen LogP contribution in [0.25, 0.3) is 11.3 Å². The number of para-hydroxylation sites is 1. The molecule has 0 bridgehead atoms. The molecule has 0 aliphatic carbocycles. The van der Waals surface area contributed by atoms with E-state index in [1.807, 2.05) is 53.4 Å². The molecule has 1 saturated heterocycles. The van der Waals surface area contributed by atoms with Crippen molar-refractivity contribution in [2.45, 2.75) is 0 Å². The summed E-state index contributed by atoms with van der Waals surface area (Å²) >= 11 is 6.24. The number of methoxy groups -OCH3 is 1. The summed E-state index contributed by atoms with van der Waals surface area (Å²) in [6.45, 7) is 2.62. The van der Waals surface area contributed by atoms with Crippen LogP contribution < -0.4 is 9.64 Å². The molecule has 3 aromatic rings. The molecule has 1 aliphatic heterocycles. The number of hydrogen-bond donors (Lipinski definition) is 0. The van der Waals surface area contributed by atoms with Crippen molar-refractivity contribution in [3.05, 3.63) is 71.2 Å². The maximum atomic E-state index is 12.8. The van der Waals surface area contributed by atoms with Crippen LogP contribution in [0.15, 0.2) is 60.7 Å². The van der Waals surface area contributed by atoms with Gasteiger partial charge in [-0.3, -0.25) is 4.79 Å². The number of piperazine rings is 1. The van der Waals surface area contributed by atoms with Crippen LogP contribution in [0, 0.1) is 0 Å². The van der Waals surface area contributed by atoms with E-state index < -0.39 is 0 Å². The monoisotopic (exact) mass is 408 g/mol. The molecule has 1 aliphatic rings. The molecule has 4 rings (SSSR count). The molecule has 29 heavy (non-hydrogen) atoms. The zero-order chi connectivity index (χ0) is 20.2. The number of aromatic nitrogens is 2.